The molecule has 4 aliphatic rings. The lowest BCUT2D eigenvalue weighted by Crippen LogP contribution is -2.48. The summed E-state index contributed by atoms with van der Waals surface area (Å²) in [7, 11) is -1.43. The first-order chi connectivity index (χ1) is 20.7. The number of carbonyl (C=O) groups excluding carboxylic acids is 1. The van der Waals surface area contributed by atoms with Crippen LogP contribution in [0.1, 0.15) is 6.92 Å². The van der Waals surface area contributed by atoms with Crippen molar-refractivity contribution in [1.82, 2.24) is 14.9 Å². The number of carbonyl (C=O) groups is 1. The van der Waals surface area contributed by atoms with Gasteiger partial charge in [0.15, 0.2) is 0 Å². The Hall–Kier alpha value is -3.36. The van der Waals surface area contributed by atoms with Gasteiger partial charge < -0.3 is 24.6 Å². The number of likely N-dealkylation sites (N-methyl/N-ethyl adjacent to an activating group) is 1. The molecule has 1 aromatic heterocycles. The average Bonchev–Trinajstić information content (AvgIpc) is 3.18. The fourth-order valence-electron chi connectivity index (χ4n) is 4.85. The number of fused-ring (bicyclic) bond motifs is 3. The maximum absolute atomic E-state index is 13.9. The number of benzene rings is 2. The van der Waals surface area contributed by atoms with Crippen molar-refractivity contribution >= 4 is 65.8 Å². The molecule has 43 heavy (non-hydrogen) atoms. The summed E-state index contributed by atoms with van der Waals surface area (Å²) in [5.74, 6) is 0.683. The third kappa shape index (κ3) is 5.67. The Morgan fingerprint density at radius 3 is 2.26 bits per heavy atom. The van der Waals surface area contributed by atoms with Gasteiger partial charge >= 0.3 is 13.9 Å². The number of anilines is 5. The minimum absolute atomic E-state index is 0.0572. The largest absolute Gasteiger partial charge is 0.504 e. The topological polar surface area (TPSA) is 131 Å². The number of nitrogens with zero attached hydrogens (tertiary/aromatic N) is 6. The highest BCUT2D eigenvalue weighted by atomic mass is 35.5. The molecule has 228 valence electrons. The maximum Gasteiger partial charge on any atom is 0.504 e. The van der Waals surface area contributed by atoms with E-state index in [0.29, 0.717) is 10.9 Å². The summed E-state index contributed by atoms with van der Waals surface area (Å²) in [4.78, 5) is 28.2. The molecule has 0 aliphatic carbocycles. The Morgan fingerprint density at radius 1 is 1.00 bits per heavy atom. The zero-order valence-electron chi connectivity index (χ0n) is 23.4. The summed E-state index contributed by atoms with van der Waals surface area (Å²) in [5.41, 5.74) is 1.72. The predicted molar refractivity (Wildman–Crippen MR) is 161 cm³/mol. The van der Waals surface area contributed by atoms with E-state index in [4.69, 9.17) is 46.3 Å². The molecule has 0 radical (unpaired) electrons. The highest BCUT2D eigenvalue weighted by Gasteiger charge is 2.58. The van der Waals surface area contributed by atoms with Crippen LogP contribution in [0.2, 0.25) is 10.0 Å². The Kier molecular flexibility index (Phi) is 8.26. The third-order valence-electron chi connectivity index (χ3n) is 7.19. The van der Waals surface area contributed by atoms with Crippen molar-refractivity contribution in [1.29, 1.82) is 0 Å². The van der Waals surface area contributed by atoms with Gasteiger partial charge in [-0.3, -0.25) is 0 Å². The van der Waals surface area contributed by atoms with Crippen LogP contribution in [0, 0.1) is 0 Å². The predicted octanol–water partition coefficient (Wildman–Crippen LogP) is 5.50. The molecule has 4 aliphatic heterocycles. The number of hydrogen-bond donors (Lipinski definition) is 1. The monoisotopic (exact) mass is 651 g/mol. The first-order valence-corrected chi connectivity index (χ1v) is 15.5. The number of amides is 2. The Bertz CT molecular complexity index is 1540. The van der Waals surface area contributed by atoms with Gasteiger partial charge in [0, 0.05) is 49.7 Å². The van der Waals surface area contributed by atoms with E-state index in [0.717, 1.165) is 49.0 Å². The lowest BCUT2D eigenvalue weighted by Gasteiger charge is -2.35. The van der Waals surface area contributed by atoms with Crippen molar-refractivity contribution in [3.8, 4) is 11.5 Å². The van der Waals surface area contributed by atoms with Crippen molar-refractivity contribution in [2.45, 2.75) is 13.3 Å². The molecule has 1 N–H and O–H groups in total. The van der Waals surface area contributed by atoms with Gasteiger partial charge in [-0.15, -0.1) is 0 Å². The number of methoxy groups -OCH3 is 2. The standard InChI is InChI=1S/C26H28Cl2N7O7P/c1-4-32-9-11-33(12-10-32)17-7-5-16(6-8-17)31-20-14-21(30-15-29-20)34-25(36)35(42-43(37)40-26(34)41-43)24-22(27)18(38-2)13-19(39-3)23(24)28/h5-8,13-15,26H,4,9-12H2,1-3H3,(H,29,30,31). The molecular formula is C26H28Cl2N7O7P. The van der Waals surface area contributed by atoms with Gasteiger partial charge in [-0.2, -0.15) is 9.69 Å². The van der Waals surface area contributed by atoms with Crippen molar-refractivity contribution in [2.75, 3.05) is 67.1 Å². The minimum atomic E-state index is -4.18. The molecule has 4 fully saturated rings. The van der Waals surface area contributed by atoms with E-state index in [-0.39, 0.29) is 33.0 Å². The molecule has 3 aromatic rings. The van der Waals surface area contributed by atoms with Crippen molar-refractivity contribution in [2.24, 2.45) is 0 Å². The van der Waals surface area contributed by atoms with E-state index in [1.165, 1.54) is 32.7 Å². The molecule has 7 rings (SSSR count). The summed E-state index contributed by atoms with van der Waals surface area (Å²) in [6, 6.07) is 10.0. The molecule has 2 bridgehead atoms. The summed E-state index contributed by atoms with van der Waals surface area (Å²) < 4.78 is 39.6. The van der Waals surface area contributed by atoms with Gasteiger partial charge in [0.2, 0.25) is 0 Å². The molecule has 0 unspecified atom stereocenters. The average molecular weight is 652 g/mol. The van der Waals surface area contributed by atoms with Gasteiger partial charge in [-0.1, -0.05) is 30.1 Å². The smallest absolute Gasteiger partial charge is 0.495 e. The summed E-state index contributed by atoms with van der Waals surface area (Å²) >= 11 is 13.0. The van der Waals surface area contributed by atoms with E-state index in [1.807, 2.05) is 24.3 Å². The lowest BCUT2D eigenvalue weighted by atomic mass is 10.2. The second-order valence-corrected chi connectivity index (χ2v) is 11.8. The number of ether oxygens (including phenoxy) is 2. The van der Waals surface area contributed by atoms with Crippen LogP contribution in [0.5, 0.6) is 11.5 Å². The molecule has 14 nitrogen and oxygen atoms in total. The van der Waals surface area contributed by atoms with Crippen LogP contribution in [-0.2, 0) is 18.2 Å². The van der Waals surface area contributed by atoms with Gasteiger partial charge in [0.25, 0.3) is 6.41 Å². The number of phosphoric ester groups is 1. The van der Waals surface area contributed by atoms with E-state index in [9.17, 15) is 9.36 Å². The molecule has 0 saturated carbocycles. The SMILES string of the molecule is CCN1CCN(c2ccc(Nc3cc(N4C(=O)N(c5c(Cl)c(OC)cc(OC)c5Cl)OP5(=O)OC4O5)ncn3)cc2)CC1. The summed E-state index contributed by atoms with van der Waals surface area (Å²) in [5, 5.41) is 3.63. The molecule has 0 spiro atoms. The summed E-state index contributed by atoms with van der Waals surface area (Å²) in [6.07, 6.45) is -0.140. The highest BCUT2D eigenvalue weighted by Crippen LogP contribution is 2.65. The number of urea groups is 1. The number of rotatable bonds is 8. The lowest BCUT2D eigenvalue weighted by molar-refractivity contribution is -0.111. The van der Waals surface area contributed by atoms with Crippen molar-refractivity contribution in [3.05, 3.63) is 52.8 Å². The van der Waals surface area contributed by atoms with Gasteiger partial charge in [-0.25, -0.2) is 33.3 Å². The van der Waals surface area contributed by atoms with E-state index < -0.39 is 20.3 Å². The molecule has 2 aromatic carbocycles. The van der Waals surface area contributed by atoms with Gasteiger partial charge in [-0.05, 0) is 30.8 Å². The number of phosphoric acid groups is 1. The van der Waals surface area contributed by atoms with Crippen LogP contribution in [0.3, 0.4) is 0 Å². The number of aromatic nitrogens is 2. The number of halogens is 2. The van der Waals surface area contributed by atoms with Crippen molar-refractivity contribution < 1.29 is 32.5 Å². The molecule has 17 heteroatoms. The van der Waals surface area contributed by atoms with Gasteiger partial charge in [0.1, 0.15) is 45.2 Å². The number of nitrogens with one attached hydrogen (secondary N) is 1. The second kappa shape index (κ2) is 12.0. The fourth-order valence-corrected chi connectivity index (χ4v) is 6.58. The molecule has 0 atom stereocenters. The van der Waals surface area contributed by atoms with Crippen LogP contribution in [0.15, 0.2) is 42.7 Å². The highest BCUT2D eigenvalue weighted by molar-refractivity contribution is 7.49. The van der Waals surface area contributed by atoms with E-state index >= 15 is 0 Å². The van der Waals surface area contributed by atoms with Crippen LogP contribution < -0.4 is 29.7 Å². The number of piperazine rings is 1. The molecular weight excluding hydrogens is 624 g/mol. The minimum Gasteiger partial charge on any atom is -0.495 e. The number of hydrogen-bond acceptors (Lipinski definition) is 12. The van der Waals surface area contributed by atoms with E-state index in [2.05, 4.69) is 32.0 Å². The van der Waals surface area contributed by atoms with Crippen LogP contribution >= 0.6 is 31.0 Å². The molecule has 5 heterocycles. The van der Waals surface area contributed by atoms with E-state index in [1.54, 1.807) is 0 Å². The molecule has 2 amide bonds. The quantitative estimate of drug-likeness (QED) is 0.308. The van der Waals surface area contributed by atoms with Crippen LogP contribution in [-0.4, -0.2) is 74.3 Å². The number of hydroxylamine groups is 1. The Balaban J connectivity index is 1.26. The zero-order valence-corrected chi connectivity index (χ0v) is 25.8. The van der Waals surface area contributed by atoms with Crippen molar-refractivity contribution in [3.63, 3.8) is 0 Å². The van der Waals surface area contributed by atoms with Gasteiger partial charge in [0.05, 0.1) is 14.2 Å². The maximum atomic E-state index is 13.9. The normalized spacial score (nSPS) is 22.2. The first-order valence-electron chi connectivity index (χ1n) is 13.3. The fraction of sp³-hybridized carbons (Fsp3) is 0.346. The first kappa shape index (κ1) is 29.7. The molecule has 4 saturated heterocycles. The second-order valence-electron chi connectivity index (χ2n) is 9.61. The Morgan fingerprint density at radius 2 is 1.65 bits per heavy atom. The van der Waals surface area contributed by atoms with Crippen LogP contribution in [0.4, 0.5) is 33.5 Å². The van der Waals surface area contributed by atoms with Crippen LogP contribution in [0.25, 0.3) is 0 Å². The summed E-state index contributed by atoms with van der Waals surface area (Å²) in [6.45, 7) is 7.24. The third-order valence-corrected chi connectivity index (χ3v) is 9.16. The zero-order chi connectivity index (χ0) is 30.3. The Labute approximate surface area is 257 Å².